The van der Waals surface area contributed by atoms with E-state index in [0.29, 0.717) is 55.4 Å². The van der Waals surface area contributed by atoms with Crippen molar-refractivity contribution in [3.63, 3.8) is 0 Å². The average molecular weight is 451 g/mol. The third-order valence-electron chi connectivity index (χ3n) is 5.37. The summed E-state index contributed by atoms with van der Waals surface area (Å²) in [6.45, 7) is 3.05. The number of hydrogen-bond acceptors (Lipinski definition) is 6. The van der Waals surface area contributed by atoms with E-state index in [1.807, 2.05) is 25.1 Å². The first kappa shape index (κ1) is 21.0. The number of sulfonamides is 1. The Hall–Kier alpha value is -2.30. The molecule has 1 aliphatic rings. The molecule has 2 aromatic heterocycles. The van der Waals surface area contributed by atoms with E-state index in [-0.39, 0.29) is 22.7 Å². The SMILES string of the molecule is CCCS(=O)(=O)N1CCC(c2nc3c(nnn3Cc3ccccc3Cl)c(=O)[nH]2)CC1. The van der Waals surface area contributed by atoms with Gasteiger partial charge in [0.25, 0.3) is 5.56 Å². The first-order valence-corrected chi connectivity index (χ1v) is 11.9. The molecule has 1 fully saturated rings. The summed E-state index contributed by atoms with van der Waals surface area (Å²) in [4.78, 5) is 20.0. The van der Waals surface area contributed by atoms with E-state index in [1.54, 1.807) is 10.7 Å². The first-order chi connectivity index (χ1) is 14.4. The zero-order valence-electron chi connectivity index (χ0n) is 16.6. The van der Waals surface area contributed by atoms with Gasteiger partial charge < -0.3 is 4.98 Å². The molecule has 1 aromatic carbocycles. The molecule has 0 radical (unpaired) electrons. The Morgan fingerprint density at radius 1 is 1.23 bits per heavy atom. The molecule has 3 aromatic rings. The van der Waals surface area contributed by atoms with Crippen LogP contribution in [0.1, 0.15) is 43.5 Å². The number of fused-ring (bicyclic) bond motifs is 1. The van der Waals surface area contributed by atoms with Crippen LogP contribution in [0, 0.1) is 0 Å². The molecule has 0 amide bonds. The Bertz CT molecular complexity index is 1210. The van der Waals surface area contributed by atoms with Crippen LogP contribution in [0.5, 0.6) is 0 Å². The zero-order valence-corrected chi connectivity index (χ0v) is 18.2. The van der Waals surface area contributed by atoms with Gasteiger partial charge >= 0.3 is 0 Å². The van der Waals surface area contributed by atoms with E-state index < -0.39 is 10.0 Å². The number of nitrogens with zero attached hydrogens (tertiary/aromatic N) is 5. The number of benzene rings is 1. The van der Waals surface area contributed by atoms with Gasteiger partial charge in [-0.1, -0.05) is 41.9 Å². The highest BCUT2D eigenvalue weighted by Gasteiger charge is 2.29. The molecule has 0 unspecified atom stereocenters. The Kier molecular flexibility index (Phi) is 5.90. The van der Waals surface area contributed by atoms with Crippen LogP contribution in [0.2, 0.25) is 5.02 Å². The molecule has 4 rings (SSSR count). The Morgan fingerprint density at radius 3 is 2.67 bits per heavy atom. The number of nitrogens with one attached hydrogen (secondary N) is 1. The molecule has 0 saturated carbocycles. The Labute approximate surface area is 179 Å². The number of rotatable bonds is 6. The van der Waals surface area contributed by atoms with E-state index in [9.17, 15) is 13.2 Å². The summed E-state index contributed by atoms with van der Waals surface area (Å²) < 4.78 is 27.7. The van der Waals surface area contributed by atoms with Crippen molar-refractivity contribution < 1.29 is 8.42 Å². The molecular formula is C19H23ClN6O3S. The first-order valence-electron chi connectivity index (χ1n) is 9.93. The van der Waals surface area contributed by atoms with Gasteiger partial charge in [-0.3, -0.25) is 4.79 Å². The predicted octanol–water partition coefficient (Wildman–Crippen LogP) is 2.14. The van der Waals surface area contributed by atoms with Gasteiger partial charge in [0, 0.05) is 24.0 Å². The van der Waals surface area contributed by atoms with Crippen molar-refractivity contribution >= 4 is 32.8 Å². The van der Waals surface area contributed by atoms with Crippen LogP contribution in [-0.2, 0) is 16.6 Å². The van der Waals surface area contributed by atoms with E-state index >= 15 is 0 Å². The highest BCUT2D eigenvalue weighted by Crippen LogP contribution is 2.27. The van der Waals surface area contributed by atoms with E-state index in [4.69, 9.17) is 11.6 Å². The van der Waals surface area contributed by atoms with E-state index in [0.717, 1.165) is 5.56 Å². The van der Waals surface area contributed by atoms with Gasteiger partial charge in [-0.15, -0.1) is 5.10 Å². The lowest BCUT2D eigenvalue weighted by atomic mass is 9.97. The normalized spacial score (nSPS) is 16.3. The van der Waals surface area contributed by atoms with Crippen LogP contribution in [0.4, 0.5) is 0 Å². The van der Waals surface area contributed by atoms with Crippen molar-refractivity contribution in [2.75, 3.05) is 18.8 Å². The predicted molar refractivity (Wildman–Crippen MR) is 114 cm³/mol. The highest BCUT2D eigenvalue weighted by atomic mass is 35.5. The fourth-order valence-corrected chi connectivity index (χ4v) is 5.50. The van der Waals surface area contributed by atoms with Crippen LogP contribution in [0.25, 0.3) is 11.2 Å². The van der Waals surface area contributed by atoms with Gasteiger partial charge in [0.05, 0.1) is 12.3 Å². The average Bonchev–Trinajstić information content (AvgIpc) is 3.13. The number of piperidine rings is 1. The molecule has 11 heteroatoms. The molecular weight excluding hydrogens is 428 g/mol. The Balaban J connectivity index is 1.59. The number of halogens is 1. The standard InChI is InChI=1S/C19H23ClN6O3S/c1-2-11-30(28,29)25-9-7-13(8-10-25)17-21-18-16(19(27)22-17)23-24-26(18)12-14-5-3-4-6-15(14)20/h3-6,13H,2,7-12H2,1H3,(H,21,22,27). The lowest BCUT2D eigenvalue weighted by Crippen LogP contribution is -2.39. The summed E-state index contributed by atoms with van der Waals surface area (Å²) in [6.07, 6.45) is 1.79. The van der Waals surface area contributed by atoms with Gasteiger partial charge in [-0.25, -0.2) is 22.4 Å². The summed E-state index contributed by atoms with van der Waals surface area (Å²) in [5.41, 5.74) is 1.08. The maximum absolute atomic E-state index is 12.5. The molecule has 0 aliphatic carbocycles. The molecule has 3 heterocycles. The second-order valence-corrected chi connectivity index (χ2v) is 9.95. The number of aromatic nitrogens is 5. The zero-order chi connectivity index (χ0) is 21.3. The van der Waals surface area contributed by atoms with E-state index in [2.05, 4.69) is 20.3 Å². The molecule has 1 aliphatic heterocycles. The van der Waals surface area contributed by atoms with Crippen molar-refractivity contribution in [3.8, 4) is 0 Å². The lowest BCUT2D eigenvalue weighted by Gasteiger charge is -2.30. The van der Waals surface area contributed by atoms with Crippen molar-refractivity contribution in [2.24, 2.45) is 0 Å². The van der Waals surface area contributed by atoms with Gasteiger partial charge in [0.1, 0.15) is 5.82 Å². The molecule has 30 heavy (non-hydrogen) atoms. The summed E-state index contributed by atoms with van der Waals surface area (Å²) >= 11 is 6.25. The fraction of sp³-hybridized carbons (Fsp3) is 0.474. The minimum absolute atomic E-state index is 0.0289. The van der Waals surface area contributed by atoms with E-state index in [1.165, 1.54) is 4.31 Å². The maximum atomic E-state index is 12.5. The fourth-order valence-electron chi connectivity index (χ4n) is 3.77. The topological polar surface area (TPSA) is 114 Å². The van der Waals surface area contributed by atoms with Crippen LogP contribution < -0.4 is 5.56 Å². The second kappa shape index (κ2) is 8.44. The van der Waals surface area contributed by atoms with Crippen LogP contribution in [0.15, 0.2) is 29.1 Å². The van der Waals surface area contributed by atoms with Gasteiger partial charge in [0.2, 0.25) is 10.0 Å². The van der Waals surface area contributed by atoms with Crippen molar-refractivity contribution in [1.29, 1.82) is 0 Å². The van der Waals surface area contributed by atoms with Crippen LogP contribution in [0.3, 0.4) is 0 Å². The Morgan fingerprint density at radius 2 is 1.97 bits per heavy atom. The molecule has 160 valence electrons. The number of aromatic amines is 1. The number of hydrogen-bond donors (Lipinski definition) is 1. The van der Waals surface area contributed by atoms with Crippen molar-refractivity contribution in [1.82, 2.24) is 29.3 Å². The van der Waals surface area contributed by atoms with Gasteiger partial charge in [0.15, 0.2) is 11.2 Å². The highest BCUT2D eigenvalue weighted by molar-refractivity contribution is 7.89. The second-order valence-electron chi connectivity index (χ2n) is 7.45. The third-order valence-corrected chi connectivity index (χ3v) is 7.81. The van der Waals surface area contributed by atoms with Crippen molar-refractivity contribution in [2.45, 2.75) is 38.6 Å². The summed E-state index contributed by atoms with van der Waals surface area (Å²) in [5, 5.41) is 8.66. The molecule has 0 bridgehead atoms. The minimum atomic E-state index is -3.21. The number of H-pyrrole nitrogens is 1. The third kappa shape index (κ3) is 4.12. The monoisotopic (exact) mass is 450 g/mol. The van der Waals surface area contributed by atoms with Gasteiger partial charge in [-0.2, -0.15) is 0 Å². The van der Waals surface area contributed by atoms with Crippen molar-refractivity contribution in [3.05, 3.63) is 51.0 Å². The molecule has 0 spiro atoms. The molecule has 1 N–H and O–H groups in total. The van der Waals surface area contributed by atoms with Gasteiger partial charge in [-0.05, 0) is 30.9 Å². The minimum Gasteiger partial charge on any atom is -0.308 e. The lowest BCUT2D eigenvalue weighted by molar-refractivity contribution is 0.313. The van der Waals surface area contributed by atoms with Crippen LogP contribution in [-0.4, -0.2) is 56.5 Å². The largest absolute Gasteiger partial charge is 0.308 e. The summed E-state index contributed by atoms with van der Waals surface area (Å²) in [5.74, 6) is 0.674. The summed E-state index contributed by atoms with van der Waals surface area (Å²) in [7, 11) is -3.21. The maximum Gasteiger partial charge on any atom is 0.281 e. The molecule has 1 saturated heterocycles. The van der Waals surface area contributed by atoms with Crippen LogP contribution >= 0.6 is 11.6 Å². The molecule has 9 nitrogen and oxygen atoms in total. The summed E-state index contributed by atoms with van der Waals surface area (Å²) in [6, 6.07) is 7.41. The smallest absolute Gasteiger partial charge is 0.281 e. The quantitative estimate of drug-likeness (QED) is 0.615. The molecule has 0 atom stereocenters.